The average Bonchev–Trinajstić information content (AvgIpc) is 3.26. The molecular formula is C21H24N6O4S. The van der Waals surface area contributed by atoms with Gasteiger partial charge < -0.3 is 19.7 Å². The summed E-state index contributed by atoms with van der Waals surface area (Å²) in [4.78, 5) is 35.5. The molecule has 1 aromatic carbocycles. The Labute approximate surface area is 189 Å². The molecule has 11 heteroatoms. The zero-order chi connectivity index (χ0) is 22.5. The summed E-state index contributed by atoms with van der Waals surface area (Å²) < 4.78 is 11.9. The molecule has 1 aliphatic heterocycles. The molecule has 2 aromatic heterocycles. The molecule has 0 unspecified atom stereocenters. The molecule has 32 heavy (non-hydrogen) atoms. The predicted octanol–water partition coefficient (Wildman–Crippen LogP) is 1.60. The van der Waals surface area contributed by atoms with E-state index in [-0.39, 0.29) is 5.91 Å². The van der Waals surface area contributed by atoms with Crippen molar-refractivity contribution >= 4 is 40.5 Å². The van der Waals surface area contributed by atoms with Gasteiger partial charge in [0.05, 0.1) is 44.0 Å². The van der Waals surface area contributed by atoms with Crippen LogP contribution in [0.15, 0.2) is 35.6 Å². The Morgan fingerprint density at radius 3 is 2.56 bits per heavy atom. The van der Waals surface area contributed by atoms with Gasteiger partial charge in [0.2, 0.25) is 0 Å². The van der Waals surface area contributed by atoms with Gasteiger partial charge >= 0.3 is 5.97 Å². The van der Waals surface area contributed by atoms with Crippen LogP contribution in [0.1, 0.15) is 20.7 Å². The van der Waals surface area contributed by atoms with Crippen molar-refractivity contribution in [1.29, 1.82) is 0 Å². The van der Waals surface area contributed by atoms with E-state index in [2.05, 4.69) is 25.0 Å². The zero-order valence-corrected chi connectivity index (χ0v) is 18.7. The Kier molecular flexibility index (Phi) is 6.86. The summed E-state index contributed by atoms with van der Waals surface area (Å²) in [7, 11) is 1.32. The summed E-state index contributed by atoms with van der Waals surface area (Å²) in [6.45, 7) is 3.72. The quantitative estimate of drug-likeness (QED) is 0.322. The molecule has 10 nitrogen and oxygen atoms in total. The number of amides is 1. The molecule has 168 valence electrons. The van der Waals surface area contributed by atoms with Crippen LogP contribution in [-0.4, -0.2) is 77.8 Å². The third-order valence-electron chi connectivity index (χ3n) is 5.13. The summed E-state index contributed by atoms with van der Waals surface area (Å²) in [5.74, 6) is 0.195. The molecule has 0 aliphatic carbocycles. The van der Waals surface area contributed by atoms with Crippen molar-refractivity contribution in [3.05, 3.63) is 41.6 Å². The summed E-state index contributed by atoms with van der Waals surface area (Å²) in [6.07, 6.45) is 3.72. The van der Waals surface area contributed by atoms with E-state index in [1.54, 1.807) is 35.1 Å². The van der Waals surface area contributed by atoms with E-state index in [0.29, 0.717) is 42.6 Å². The van der Waals surface area contributed by atoms with Crippen LogP contribution in [0.3, 0.4) is 0 Å². The highest BCUT2D eigenvalue weighted by Crippen LogP contribution is 2.27. The van der Waals surface area contributed by atoms with Crippen LogP contribution < -0.4 is 10.2 Å². The van der Waals surface area contributed by atoms with Crippen LogP contribution in [0.2, 0.25) is 0 Å². The van der Waals surface area contributed by atoms with E-state index in [4.69, 9.17) is 9.72 Å². The number of carbonyl (C=O) groups excluding carboxylic acids is 2. The van der Waals surface area contributed by atoms with Crippen LogP contribution in [0, 0.1) is 0 Å². The Bertz CT molecular complexity index is 1110. The fourth-order valence-corrected chi connectivity index (χ4v) is 3.80. The topological polar surface area (TPSA) is 111 Å². The van der Waals surface area contributed by atoms with Gasteiger partial charge in [0.25, 0.3) is 5.91 Å². The minimum atomic E-state index is -0.439. The predicted molar refractivity (Wildman–Crippen MR) is 120 cm³/mol. The second-order valence-corrected chi connectivity index (χ2v) is 7.84. The zero-order valence-electron chi connectivity index (χ0n) is 17.9. The number of nitrogens with zero attached hydrogens (tertiary/aromatic N) is 5. The van der Waals surface area contributed by atoms with Gasteiger partial charge in [0.1, 0.15) is 5.82 Å². The second-order valence-electron chi connectivity index (χ2n) is 7.06. The lowest BCUT2D eigenvalue weighted by atomic mass is 10.1. The highest BCUT2D eigenvalue weighted by Gasteiger charge is 2.20. The molecule has 3 heterocycles. The number of ether oxygens (including phenoxy) is 2. The Hall–Kier alpha value is -3.18. The molecule has 1 saturated heterocycles. The maximum absolute atomic E-state index is 12.4. The van der Waals surface area contributed by atoms with E-state index in [1.807, 2.05) is 6.26 Å². The molecule has 4 rings (SSSR count). The first-order valence-corrected chi connectivity index (χ1v) is 11.4. The largest absolute Gasteiger partial charge is 0.465 e. The van der Waals surface area contributed by atoms with Gasteiger partial charge in [-0.05, 0) is 30.5 Å². The molecule has 0 radical (unpaired) electrons. The number of aromatic nitrogens is 4. The molecule has 3 aromatic rings. The third kappa shape index (κ3) is 4.68. The molecule has 1 aliphatic rings. The van der Waals surface area contributed by atoms with Gasteiger partial charge in [-0.2, -0.15) is 5.10 Å². The summed E-state index contributed by atoms with van der Waals surface area (Å²) in [6, 6.07) is 6.32. The van der Waals surface area contributed by atoms with Gasteiger partial charge in [0.15, 0.2) is 10.8 Å². The van der Waals surface area contributed by atoms with E-state index in [9.17, 15) is 9.59 Å². The number of anilines is 1. The van der Waals surface area contributed by atoms with E-state index < -0.39 is 5.97 Å². The van der Waals surface area contributed by atoms with Gasteiger partial charge in [-0.3, -0.25) is 4.79 Å². The Morgan fingerprint density at radius 1 is 1.16 bits per heavy atom. The number of rotatable bonds is 7. The summed E-state index contributed by atoms with van der Waals surface area (Å²) in [5.41, 5.74) is 1.60. The van der Waals surface area contributed by atoms with Crippen LogP contribution in [0.4, 0.5) is 5.82 Å². The molecule has 1 fully saturated rings. The third-order valence-corrected chi connectivity index (χ3v) is 5.67. The lowest BCUT2D eigenvalue weighted by Crippen LogP contribution is -2.37. The van der Waals surface area contributed by atoms with Crippen molar-refractivity contribution in [1.82, 2.24) is 25.1 Å². The SMILES string of the molecule is COC(=O)c1ccc(C(=O)NCCn2ncc3c(N4CCOCC4)nc(SC)nc32)cc1. The smallest absolute Gasteiger partial charge is 0.337 e. The van der Waals surface area contributed by atoms with Crippen molar-refractivity contribution in [3.63, 3.8) is 0 Å². The van der Waals surface area contributed by atoms with Crippen LogP contribution in [-0.2, 0) is 16.0 Å². The molecule has 0 atom stereocenters. The standard InChI is InChI=1S/C21H24N6O4S/c1-30-20(29)15-5-3-14(4-6-15)19(28)22-7-8-27-18-16(13-23-27)17(24-21(25-18)32-2)26-9-11-31-12-10-26/h3-6,13H,7-12H2,1-2H3,(H,22,28). The number of nitrogens with one attached hydrogen (secondary N) is 1. The van der Waals surface area contributed by atoms with E-state index >= 15 is 0 Å². The van der Waals surface area contributed by atoms with Gasteiger partial charge in [-0.1, -0.05) is 11.8 Å². The minimum Gasteiger partial charge on any atom is -0.465 e. The highest BCUT2D eigenvalue weighted by atomic mass is 32.2. The first-order valence-electron chi connectivity index (χ1n) is 10.2. The van der Waals surface area contributed by atoms with E-state index in [1.165, 1.54) is 18.9 Å². The number of benzene rings is 1. The second kappa shape index (κ2) is 9.96. The van der Waals surface area contributed by atoms with Crippen LogP contribution >= 0.6 is 11.8 Å². The fraction of sp³-hybridized carbons (Fsp3) is 0.381. The van der Waals surface area contributed by atoms with Gasteiger partial charge in [-0.25, -0.2) is 19.4 Å². The molecular weight excluding hydrogens is 432 g/mol. The first-order chi connectivity index (χ1) is 15.6. The number of hydrogen-bond acceptors (Lipinski definition) is 9. The lowest BCUT2D eigenvalue weighted by molar-refractivity contribution is 0.0600. The van der Waals surface area contributed by atoms with Crippen molar-refractivity contribution < 1.29 is 19.1 Å². The lowest BCUT2D eigenvalue weighted by Gasteiger charge is -2.28. The number of methoxy groups -OCH3 is 1. The Morgan fingerprint density at radius 2 is 1.88 bits per heavy atom. The minimum absolute atomic E-state index is 0.230. The number of hydrogen-bond donors (Lipinski definition) is 1. The maximum Gasteiger partial charge on any atom is 0.337 e. The number of fused-ring (bicyclic) bond motifs is 1. The highest BCUT2D eigenvalue weighted by molar-refractivity contribution is 7.98. The number of thioether (sulfide) groups is 1. The van der Waals surface area contributed by atoms with Crippen molar-refractivity contribution in [2.24, 2.45) is 0 Å². The molecule has 1 N–H and O–H groups in total. The summed E-state index contributed by atoms with van der Waals surface area (Å²) >= 11 is 1.48. The van der Waals surface area contributed by atoms with Gasteiger partial charge in [-0.15, -0.1) is 0 Å². The monoisotopic (exact) mass is 456 g/mol. The maximum atomic E-state index is 12.4. The Balaban J connectivity index is 1.45. The molecule has 0 saturated carbocycles. The van der Waals surface area contributed by atoms with Crippen molar-refractivity contribution in [3.8, 4) is 0 Å². The van der Waals surface area contributed by atoms with Crippen molar-refractivity contribution in [2.75, 3.05) is 51.1 Å². The number of carbonyl (C=O) groups is 2. The van der Waals surface area contributed by atoms with E-state index in [0.717, 1.165) is 29.9 Å². The fourth-order valence-electron chi connectivity index (χ4n) is 3.45. The summed E-state index contributed by atoms with van der Waals surface area (Å²) in [5, 5.41) is 8.92. The molecule has 0 bridgehead atoms. The van der Waals surface area contributed by atoms with Crippen LogP contribution in [0.5, 0.6) is 0 Å². The number of morpholine rings is 1. The number of esters is 1. The molecule has 1 amide bonds. The van der Waals surface area contributed by atoms with Gasteiger partial charge in [0, 0.05) is 25.2 Å². The first kappa shape index (κ1) is 22.0. The van der Waals surface area contributed by atoms with Crippen molar-refractivity contribution in [2.45, 2.75) is 11.7 Å². The average molecular weight is 457 g/mol. The molecule has 0 spiro atoms. The normalized spacial score (nSPS) is 13.9. The van der Waals surface area contributed by atoms with Crippen LogP contribution in [0.25, 0.3) is 11.0 Å².